The maximum atomic E-state index is 12.3. The molecule has 1 heterocycles. The summed E-state index contributed by atoms with van der Waals surface area (Å²) >= 11 is 0. The normalized spacial score (nSPS) is 10.5. The van der Waals surface area contributed by atoms with E-state index < -0.39 is 0 Å². The van der Waals surface area contributed by atoms with E-state index in [1.54, 1.807) is 14.2 Å². The van der Waals surface area contributed by atoms with Gasteiger partial charge in [0, 0.05) is 6.54 Å². The van der Waals surface area contributed by atoms with Gasteiger partial charge in [-0.2, -0.15) is 0 Å². The van der Waals surface area contributed by atoms with Gasteiger partial charge in [-0.05, 0) is 42.3 Å². The molecule has 1 aromatic heterocycles. The number of carbonyl (C=O) groups is 1. The molecule has 0 unspecified atom stereocenters. The Morgan fingerprint density at radius 1 is 1.08 bits per heavy atom. The molecule has 0 aliphatic heterocycles. The molecule has 0 aliphatic carbocycles. The maximum Gasteiger partial charge on any atom is 0.271 e. The number of nitrogens with one attached hydrogen (secondary N) is 1. The van der Waals surface area contributed by atoms with Gasteiger partial charge in [-0.15, -0.1) is 0 Å². The molecule has 25 heavy (non-hydrogen) atoms. The molecule has 1 N–H and O–H groups in total. The Labute approximate surface area is 145 Å². The van der Waals surface area contributed by atoms with Crippen molar-refractivity contribution < 1.29 is 14.3 Å². The number of methoxy groups -OCH3 is 2. The summed E-state index contributed by atoms with van der Waals surface area (Å²) in [7, 11) is 3.24. The number of ether oxygens (including phenoxy) is 2. The molecule has 1 amide bonds. The number of aromatic nitrogens is 2. The lowest BCUT2D eigenvalue weighted by atomic mass is 10.1. The summed E-state index contributed by atoms with van der Waals surface area (Å²) in [6.07, 6.45) is 2.11. The number of rotatable bonds is 6. The molecule has 3 rings (SSSR count). The van der Waals surface area contributed by atoms with Crippen LogP contribution in [0, 0.1) is 0 Å². The molecule has 0 bridgehead atoms. The third-order valence-electron chi connectivity index (χ3n) is 3.85. The highest BCUT2D eigenvalue weighted by Gasteiger charge is 2.10. The minimum Gasteiger partial charge on any atom is -0.497 e. The Morgan fingerprint density at radius 2 is 1.88 bits per heavy atom. The van der Waals surface area contributed by atoms with E-state index in [4.69, 9.17) is 9.47 Å². The number of hydrogen-bond donors (Lipinski definition) is 1. The van der Waals surface area contributed by atoms with E-state index in [0.717, 1.165) is 22.6 Å². The van der Waals surface area contributed by atoms with Crippen LogP contribution in [0.1, 0.15) is 16.1 Å². The first-order valence-corrected chi connectivity index (χ1v) is 7.92. The number of benzene rings is 2. The molecule has 0 atom stereocenters. The molecule has 0 fully saturated rings. The first kappa shape index (κ1) is 16.7. The smallest absolute Gasteiger partial charge is 0.271 e. The summed E-state index contributed by atoms with van der Waals surface area (Å²) in [5.41, 5.74) is 2.73. The first-order valence-electron chi connectivity index (χ1n) is 7.92. The van der Waals surface area contributed by atoms with E-state index in [1.807, 2.05) is 42.5 Å². The highest BCUT2D eigenvalue weighted by atomic mass is 16.5. The number of fused-ring (bicyclic) bond motifs is 1. The summed E-state index contributed by atoms with van der Waals surface area (Å²) in [6, 6.07) is 13.0. The van der Waals surface area contributed by atoms with Gasteiger partial charge >= 0.3 is 0 Å². The maximum absolute atomic E-state index is 12.3. The van der Waals surface area contributed by atoms with Crippen LogP contribution < -0.4 is 14.8 Å². The van der Waals surface area contributed by atoms with Gasteiger partial charge in [-0.3, -0.25) is 9.78 Å². The lowest BCUT2D eigenvalue weighted by molar-refractivity contribution is 0.0949. The Kier molecular flexibility index (Phi) is 5.09. The fourth-order valence-electron chi connectivity index (χ4n) is 2.55. The van der Waals surface area contributed by atoms with Crippen molar-refractivity contribution in [1.82, 2.24) is 15.3 Å². The van der Waals surface area contributed by atoms with Gasteiger partial charge in [0.1, 0.15) is 17.2 Å². The zero-order valence-corrected chi connectivity index (χ0v) is 14.2. The quantitative estimate of drug-likeness (QED) is 0.748. The Morgan fingerprint density at radius 3 is 2.64 bits per heavy atom. The third kappa shape index (κ3) is 3.85. The molecule has 0 saturated carbocycles. The number of carbonyl (C=O) groups excluding carboxylic acids is 1. The minimum atomic E-state index is -0.250. The molecular formula is C19H19N3O3. The Bertz CT molecular complexity index is 896. The van der Waals surface area contributed by atoms with Crippen molar-refractivity contribution in [2.75, 3.05) is 20.8 Å². The third-order valence-corrected chi connectivity index (χ3v) is 3.85. The number of nitrogens with zero attached hydrogens (tertiary/aromatic N) is 2. The summed E-state index contributed by atoms with van der Waals surface area (Å²) in [6.45, 7) is 0.455. The van der Waals surface area contributed by atoms with Crippen LogP contribution in [-0.4, -0.2) is 36.6 Å². The van der Waals surface area contributed by atoms with Gasteiger partial charge in [0.2, 0.25) is 0 Å². The molecule has 6 nitrogen and oxygen atoms in total. The molecular weight excluding hydrogens is 318 g/mol. The largest absolute Gasteiger partial charge is 0.497 e. The van der Waals surface area contributed by atoms with Crippen molar-refractivity contribution in [1.29, 1.82) is 0 Å². The Balaban J connectivity index is 1.66. The van der Waals surface area contributed by atoms with E-state index in [1.165, 1.54) is 6.20 Å². The van der Waals surface area contributed by atoms with E-state index in [-0.39, 0.29) is 5.91 Å². The van der Waals surface area contributed by atoms with Crippen LogP contribution in [0.3, 0.4) is 0 Å². The van der Waals surface area contributed by atoms with Crippen molar-refractivity contribution in [2.24, 2.45) is 0 Å². The highest BCUT2D eigenvalue weighted by Crippen LogP contribution is 2.24. The fraction of sp³-hybridized carbons (Fsp3) is 0.211. The van der Waals surface area contributed by atoms with Crippen LogP contribution in [0.15, 0.2) is 48.7 Å². The Hall–Kier alpha value is -3.15. The standard InChI is InChI=1S/C19H19N3O3/c1-24-14-7-8-18(25-2)13(11-14)9-10-20-19(23)17-12-21-15-5-3-4-6-16(15)22-17/h3-8,11-12H,9-10H2,1-2H3,(H,20,23). The van der Waals surface area contributed by atoms with E-state index in [2.05, 4.69) is 15.3 Å². The second-order valence-electron chi connectivity index (χ2n) is 5.43. The van der Waals surface area contributed by atoms with Crippen LogP contribution in [0.25, 0.3) is 11.0 Å². The highest BCUT2D eigenvalue weighted by molar-refractivity contribution is 5.93. The van der Waals surface area contributed by atoms with Crippen molar-refractivity contribution in [3.63, 3.8) is 0 Å². The summed E-state index contributed by atoms with van der Waals surface area (Å²) in [5.74, 6) is 1.27. The topological polar surface area (TPSA) is 73.3 Å². The molecule has 6 heteroatoms. The van der Waals surface area contributed by atoms with E-state index in [0.29, 0.717) is 24.2 Å². The summed E-state index contributed by atoms with van der Waals surface area (Å²) < 4.78 is 10.6. The zero-order valence-electron chi connectivity index (χ0n) is 14.2. The lowest BCUT2D eigenvalue weighted by Crippen LogP contribution is -2.26. The first-order chi connectivity index (χ1) is 12.2. The second kappa shape index (κ2) is 7.61. The minimum absolute atomic E-state index is 0.250. The van der Waals surface area contributed by atoms with E-state index in [9.17, 15) is 4.79 Å². The second-order valence-corrected chi connectivity index (χ2v) is 5.43. The zero-order chi connectivity index (χ0) is 17.6. The molecule has 128 valence electrons. The van der Waals surface area contributed by atoms with Gasteiger partial charge in [-0.25, -0.2) is 4.98 Å². The summed E-state index contributed by atoms with van der Waals surface area (Å²) in [5, 5.41) is 2.86. The van der Waals surface area contributed by atoms with Gasteiger partial charge in [0.25, 0.3) is 5.91 Å². The van der Waals surface area contributed by atoms with Crippen LogP contribution in [0.4, 0.5) is 0 Å². The average molecular weight is 337 g/mol. The van der Waals surface area contributed by atoms with Gasteiger partial charge in [0.15, 0.2) is 0 Å². The SMILES string of the molecule is COc1ccc(OC)c(CCNC(=O)c2cnc3ccccc3n2)c1. The molecule has 0 spiro atoms. The van der Waals surface area contributed by atoms with Gasteiger partial charge in [0.05, 0.1) is 31.4 Å². The van der Waals surface area contributed by atoms with Crippen molar-refractivity contribution >= 4 is 16.9 Å². The number of hydrogen-bond acceptors (Lipinski definition) is 5. The van der Waals surface area contributed by atoms with Crippen LogP contribution in [0.2, 0.25) is 0 Å². The van der Waals surface area contributed by atoms with E-state index >= 15 is 0 Å². The van der Waals surface area contributed by atoms with Crippen molar-refractivity contribution in [3.05, 3.63) is 59.9 Å². The predicted octanol–water partition coefficient (Wildman–Crippen LogP) is 2.62. The van der Waals surface area contributed by atoms with Gasteiger partial charge < -0.3 is 14.8 Å². The number of para-hydroxylation sites is 2. The molecule has 2 aromatic carbocycles. The van der Waals surface area contributed by atoms with Gasteiger partial charge in [-0.1, -0.05) is 12.1 Å². The summed E-state index contributed by atoms with van der Waals surface area (Å²) in [4.78, 5) is 20.9. The van der Waals surface area contributed by atoms with Crippen LogP contribution in [-0.2, 0) is 6.42 Å². The monoisotopic (exact) mass is 337 g/mol. The molecule has 0 saturated heterocycles. The fourth-order valence-corrected chi connectivity index (χ4v) is 2.55. The van der Waals surface area contributed by atoms with Crippen molar-refractivity contribution in [2.45, 2.75) is 6.42 Å². The van der Waals surface area contributed by atoms with Crippen LogP contribution in [0.5, 0.6) is 11.5 Å². The molecule has 0 radical (unpaired) electrons. The molecule has 3 aromatic rings. The molecule has 0 aliphatic rings. The average Bonchev–Trinajstić information content (AvgIpc) is 2.67. The number of amides is 1. The lowest BCUT2D eigenvalue weighted by Gasteiger charge is -2.11. The predicted molar refractivity (Wildman–Crippen MR) is 95.1 cm³/mol. The van der Waals surface area contributed by atoms with Crippen LogP contribution >= 0.6 is 0 Å². The van der Waals surface area contributed by atoms with Crippen molar-refractivity contribution in [3.8, 4) is 11.5 Å².